The summed E-state index contributed by atoms with van der Waals surface area (Å²) < 4.78 is 5.07. The zero-order valence-corrected chi connectivity index (χ0v) is 11.3. The molecule has 0 radical (unpaired) electrons. The van der Waals surface area contributed by atoms with Gasteiger partial charge in [0.1, 0.15) is 4.88 Å². The van der Waals surface area contributed by atoms with Crippen LogP contribution in [0.4, 0.5) is 0 Å². The number of carboxylic acids is 1. The third-order valence-corrected chi connectivity index (χ3v) is 3.60. The van der Waals surface area contributed by atoms with Gasteiger partial charge in [-0.2, -0.15) is 0 Å². The molecule has 1 heterocycles. The summed E-state index contributed by atoms with van der Waals surface area (Å²) in [6, 6.07) is 3.97. The average molecular weight is 257 g/mol. The average Bonchev–Trinajstić information content (AvgIpc) is 2.72. The van der Waals surface area contributed by atoms with Gasteiger partial charge in [0.05, 0.1) is 6.61 Å². The van der Waals surface area contributed by atoms with Crippen molar-refractivity contribution in [2.45, 2.75) is 26.4 Å². The number of nitrogens with zero attached hydrogens (tertiary/aromatic N) is 1. The molecule has 0 atom stereocenters. The van der Waals surface area contributed by atoms with Crippen molar-refractivity contribution < 1.29 is 14.6 Å². The van der Waals surface area contributed by atoms with Crippen molar-refractivity contribution in [3.8, 4) is 0 Å². The lowest BCUT2D eigenvalue weighted by molar-refractivity contribution is 0.0702. The van der Waals surface area contributed by atoms with Crippen molar-refractivity contribution in [1.29, 1.82) is 0 Å². The van der Waals surface area contributed by atoms with E-state index in [1.54, 1.807) is 13.2 Å². The number of rotatable bonds is 7. The molecule has 0 saturated heterocycles. The van der Waals surface area contributed by atoms with Crippen molar-refractivity contribution in [2.75, 3.05) is 20.3 Å². The molecule has 0 spiro atoms. The van der Waals surface area contributed by atoms with Crippen LogP contribution in [0.15, 0.2) is 12.1 Å². The van der Waals surface area contributed by atoms with E-state index in [9.17, 15) is 4.79 Å². The van der Waals surface area contributed by atoms with Gasteiger partial charge in [0, 0.05) is 31.1 Å². The zero-order chi connectivity index (χ0) is 12.8. The Hall–Kier alpha value is -0.910. The Bertz CT molecular complexity index is 362. The summed E-state index contributed by atoms with van der Waals surface area (Å²) in [5.41, 5.74) is 0. The molecule has 0 aliphatic rings. The Morgan fingerprint density at radius 3 is 2.71 bits per heavy atom. The Kier molecular flexibility index (Phi) is 5.61. The number of methoxy groups -OCH3 is 1. The van der Waals surface area contributed by atoms with E-state index in [2.05, 4.69) is 18.7 Å². The zero-order valence-electron chi connectivity index (χ0n) is 10.5. The standard InChI is InChI=1S/C12H19NO3S/c1-9(2)13(6-7-16-3)8-10-4-5-11(17-10)12(14)15/h4-5,9H,6-8H2,1-3H3,(H,14,15). The third kappa shape index (κ3) is 4.46. The van der Waals surface area contributed by atoms with Crippen LogP contribution in [-0.4, -0.2) is 42.3 Å². The predicted octanol–water partition coefficient (Wildman–Crippen LogP) is 2.30. The van der Waals surface area contributed by atoms with Gasteiger partial charge in [0.2, 0.25) is 0 Å². The van der Waals surface area contributed by atoms with Crippen molar-refractivity contribution in [3.05, 3.63) is 21.9 Å². The van der Waals surface area contributed by atoms with Gasteiger partial charge in [-0.3, -0.25) is 4.90 Å². The minimum absolute atomic E-state index is 0.399. The number of hydrogen-bond acceptors (Lipinski definition) is 4. The fourth-order valence-electron chi connectivity index (χ4n) is 1.51. The summed E-state index contributed by atoms with van der Waals surface area (Å²) in [4.78, 5) is 14.5. The largest absolute Gasteiger partial charge is 0.477 e. The number of ether oxygens (including phenoxy) is 1. The normalized spacial score (nSPS) is 11.4. The van der Waals surface area contributed by atoms with Crippen LogP contribution in [0.25, 0.3) is 0 Å². The van der Waals surface area contributed by atoms with Crippen LogP contribution in [0.5, 0.6) is 0 Å². The second kappa shape index (κ2) is 6.74. The quantitative estimate of drug-likeness (QED) is 0.814. The molecule has 5 heteroatoms. The van der Waals surface area contributed by atoms with E-state index in [-0.39, 0.29) is 0 Å². The van der Waals surface area contributed by atoms with E-state index in [1.807, 2.05) is 6.07 Å². The molecule has 17 heavy (non-hydrogen) atoms. The Balaban J connectivity index is 2.61. The van der Waals surface area contributed by atoms with Gasteiger partial charge in [0.15, 0.2) is 0 Å². The number of carboxylic acid groups (broad SMARTS) is 1. The summed E-state index contributed by atoms with van der Waals surface area (Å²) in [5.74, 6) is -0.853. The minimum atomic E-state index is -0.853. The van der Waals surface area contributed by atoms with Crippen LogP contribution in [0.2, 0.25) is 0 Å². The molecule has 1 N–H and O–H groups in total. The molecule has 1 rings (SSSR count). The summed E-state index contributed by atoms with van der Waals surface area (Å²) in [5, 5.41) is 8.86. The highest BCUT2D eigenvalue weighted by molar-refractivity contribution is 7.13. The lowest BCUT2D eigenvalue weighted by Crippen LogP contribution is -2.32. The smallest absolute Gasteiger partial charge is 0.345 e. The van der Waals surface area contributed by atoms with E-state index in [4.69, 9.17) is 9.84 Å². The predicted molar refractivity (Wildman–Crippen MR) is 68.7 cm³/mol. The minimum Gasteiger partial charge on any atom is -0.477 e. The maximum atomic E-state index is 10.8. The second-order valence-electron chi connectivity index (χ2n) is 4.13. The number of aromatic carboxylic acids is 1. The maximum absolute atomic E-state index is 10.8. The summed E-state index contributed by atoms with van der Waals surface area (Å²) in [6.07, 6.45) is 0. The van der Waals surface area contributed by atoms with Gasteiger partial charge in [-0.1, -0.05) is 0 Å². The Morgan fingerprint density at radius 2 is 2.24 bits per heavy atom. The molecule has 1 aromatic heterocycles. The SMILES string of the molecule is COCCN(Cc1ccc(C(=O)O)s1)C(C)C. The number of carbonyl (C=O) groups is 1. The first-order valence-electron chi connectivity index (χ1n) is 5.59. The fraction of sp³-hybridized carbons (Fsp3) is 0.583. The first-order valence-corrected chi connectivity index (χ1v) is 6.41. The summed E-state index contributed by atoms with van der Waals surface area (Å²) in [6.45, 7) is 6.57. The molecule has 0 unspecified atom stereocenters. The molecule has 0 aromatic carbocycles. The topological polar surface area (TPSA) is 49.8 Å². The van der Waals surface area contributed by atoms with Crippen molar-refractivity contribution in [1.82, 2.24) is 4.90 Å². The van der Waals surface area contributed by atoms with E-state index < -0.39 is 5.97 Å². The van der Waals surface area contributed by atoms with Crippen LogP contribution < -0.4 is 0 Å². The van der Waals surface area contributed by atoms with Crippen LogP contribution in [0.1, 0.15) is 28.4 Å². The molecule has 96 valence electrons. The third-order valence-electron chi connectivity index (χ3n) is 2.54. The van der Waals surface area contributed by atoms with Crippen LogP contribution in [-0.2, 0) is 11.3 Å². The monoisotopic (exact) mass is 257 g/mol. The number of hydrogen-bond donors (Lipinski definition) is 1. The molecular weight excluding hydrogens is 238 g/mol. The molecule has 0 bridgehead atoms. The van der Waals surface area contributed by atoms with Crippen LogP contribution in [0.3, 0.4) is 0 Å². The van der Waals surface area contributed by atoms with Crippen molar-refractivity contribution in [3.63, 3.8) is 0 Å². The van der Waals surface area contributed by atoms with Gasteiger partial charge >= 0.3 is 5.97 Å². The fourth-order valence-corrected chi connectivity index (χ4v) is 2.38. The van der Waals surface area contributed by atoms with Gasteiger partial charge in [0.25, 0.3) is 0 Å². The highest BCUT2D eigenvalue weighted by atomic mass is 32.1. The maximum Gasteiger partial charge on any atom is 0.345 e. The number of thiophene rings is 1. The van der Waals surface area contributed by atoms with Crippen molar-refractivity contribution >= 4 is 17.3 Å². The van der Waals surface area contributed by atoms with Gasteiger partial charge < -0.3 is 9.84 Å². The molecular formula is C12H19NO3S. The van der Waals surface area contributed by atoms with E-state index >= 15 is 0 Å². The second-order valence-corrected chi connectivity index (χ2v) is 5.30. The van der Waals surface area contributed by atoms with Crippen molar-refractivity contribution in [2.24, 2.45) is 0 Å². The summed E-state index contributed by atoms with van der Waals surface area (Å²) in [7, 11) is 1.69. The van der Waals surface area contributed by atoms with E-state index in [0.29, 0.717) is 17.5 Å². The van der Waals surface area contributed by atoms with Gasteiger partial charge in [-0.25, -0.2) is 4.79 Å². The Morgan fingerprint density at radius 1 is 1.53 bits per heavy atom. The lowest BCUT2D eigenvalue weighted by Gasteiger charge is -2.25. The van der Waals surface area contributed by atoms with E-state index in [1.165, 1.54) is 11.3 Å². The van der Waals surface area contributed by atoms with Crippen LogP contribution >= 0.6 is 11.3 Å². The first-order chi connectivity index (χ1) is 8.04. The summed E-state index contributed by atoms with van der Waals surface area (Å²) >= 11 is 1.34. The molecule has 0 amide bonds. The highest BCUT2D eigenvalue weighted by Crippen LogP contribution is 2.19. The van der Waals surface area contributed by atoms with Gasteiger partial charge in [-0.15, -0.1) is 11.3 Å². The van der Waals surface area contributed by atoms with Gasteiger partial charge in [-0.05, 0) is 26.0 Å². The molecule has 0 aliphatic carbocycles. The molecule has 0 saturated carbocycles. The molecule has 4 nitrogen and oxygen atoms in total. The lowest BCUT2D eigenvalue weighted by atomic mass is 10.3. The van der Waals surface area contributed by atoms with E-state index in [0.717, 1.165) is 18.0 Å². The molecule has 0 aliphatic heterocycles. The molecule has 1 aromatic rings. The highest BCUT2D eigenvalue weighted by Gasteiger charge is 2.13. The van der Waals surface area contributed by atoms with Crippen LogP contribution in [0, 0.1) is 0 Å². The Labute approximate surface area is 106 Å². The first kappa shape index (κ1) is 14.2. The molecule has 0 fully saturated rings.